The van der Waals surface area contributed by atoms with Crippen LogP contribution in [0.5, 0.6) is 0 Å². The molecule has 0 amide bonds. The van der Waals surface area contributed by atoms with Crippen LogP contribution in [0.25, 0.3) is 11.3 Å². The molecule has 2 aliphatic heterocycles. The summed E-state index contributed by atoms with van der Waals surface area (Å²) in [5.74, 6) is 1.31. The molecule has 2 aliphatic carbocycles. The summed E-state index contributed by atoms with van der Waals surface area (Å²) in [7, 11) is 0. The normalized spacial score (nSPS) is 34.0. The van der Waals surface area contributed by atoms with Crippen LogP contribution >= 0.6 is 0 Å². The number of benzene rings is 1. The van der Waals surface area contributed by atoms with E-state index < -0.39 is 17.5 Å². The van der Waals surface area contributed by atoms with Crippen molar-refractivity contribution in [1.29, 1.82) is 0 Å². The highest BCUT2D eigenvalue weighted by Crippen LogP contribution is 2.52. The van der Waals surface area contributed by atoms with E-state index >= 15 is 0 Å². The minimum absolute atomic E-state index is 0.107. The summed E-state index contributed by atoms with van der Waals surface area (Å²) < 4.78 is 46.4. The number of likely N-dealkylation sites (tertiary alicyclic amines) is 1. The molecular weight excluding hydrogens is 405 g/mol. The highest BCUT2D eigenvalue weighted by atomic mass is 19.2. The van der Waals surface area contributed by atoms with Gasteiger partial charge in [-0.05, 0) is 60.6 Å². The Kier molecular flexibility index (Phi) is 4.68. The molecule has 2 saturated carbocycles. The van der Waals surface area contributed by atoms with E-state index in [9.17, 15) is 13.2 Å². The third-order valence-electron chi connectivity index (χ3n) is 7.71. The fraction of sp³-hybridized carbons (Fsp3) is 0.565. The van der Waals surface area contributed by atoms with Crippen LogP contribution in [-0.2, 0) is 4.74 Å². The van der Waals surface area contributed by atoms with E-state index in [2.05, 4.69) is 20.4 Å². The average molecular weight is 430 g/mol. The third-order valence-corrected chi connectivity index (χ3v) is 7.71. The molecule has 31 heavy (non-hydrogen) atoms. The molecule has 3 unspecified atom stereocenters. The number of hydrogen-bond acceptors (Lipinski definition) is 5. The van der Waals surface area contributed by atoms with E-state index in [4.69, 9.17) is 4.74 Å². The lowest BCUT2D eigenvalue weighted by molar-refractivity contribution is 0.141. The van der Waals surface area contributed by atoms with E-state index in [1.807, 2.05) is 0 Å². The standard InChI is InChI=1S/C23H25F3N4O/c24-14-5-16(23(26)20(25)6-14)21-1-2-22(29-28-21)27-15-3-12-7-30(8-13(12)4-15)9-17-18-10-31-11-19(17)18/h1-2,5-6,12-13,15,17-19H,3-4,7-11H2,(H,27,29)/t12-,13+,15?,17?,18?,19?. The van der Waals surface area contributed by atoms with Gasteiger partial charge in [0.25, 0.3) is 0 Å². The predicted octanol–water partition coefficient (Wildman–Crippen LogP) is 3.58. The van der Waals surface area contributed by atoms with Gasteiger partial charge in [-0.25, -0.2) is 13.2 Å². The summed E-state index contributed by atoms with van der Waals surface area (Å²) in [6, 6.07) is 5.03. The van der Waals surface area contributed by atoms with Gasteiger partial charge in [-0.15, -0.1) is 10.2 Å². The quantitative estimate of drug-likeness (QED) is 0.735. The van der Waals surface area contributed by atoms with Gasteiger partial charge in [0.1, 0.15) is 11.6 Å². The first-order valence-corrected chi connectivity index (χ1v) is 11.1. The molecule has 4 fully saturated rings. The highest BCUT2D eigenvalue weighted by Gasteiger charge is 2.55. The van der Waals surface area contributed by atoms with E-state index in [1.54, 1.807) is 12.1 Å². The van der Waals surface area contributed by atoms with Gasteiger partial charge < -0.3 is 15.0 Å². The number of hydrogen-bond donors (Lipinski definition) is 1. The largest absolute Gasteiger partial charge is 0.381 e. The molecule has 5 nitrogen and oxygen atoms in total. The molecule has 8 heteroatoms. The Morgan fingerprint density at radius 3 is 2.42 bits per heavy atom. The Hall–Kier alpha value is -2.19. The van der Waals surface area contributed by atoms with Crippen LogP contribution in [0.4, 0.5) is 19.0 Å². The van der Waals surface area contributed by atoms with Gasteiger partial charge in [-0.2, -0.15) is 0 Å². The van der Waals surface area contributed by atoms with Crippen LogP contribution in [0.3, 0.4) is 0 Å². The first kappa shape index (κ1) is 19.5. The third kappa shape index (κ3) is 3.59. The molecule has 3 heterocycles. The van der Waals surface area contributed by atoms with Crippen LogP contribution in [0.1, 0.15) is 12.8 Å². The van der Waals surface area contributed by atoms with Crippen LogP contribution in [0.2, 0.25) is 0 Å². The van der Waals surface area contributed by atoms with Crippen LogP contribution in [-0.4, -0.2) is 54.0 Å². The van der Waals surface area contributed by atoms with Crippen molar-refractivity contribution in [3.63, 3.8) is 0 Å². The first-order valence-electron chi connectivity index (χ1n) is 11.1. The van der Waals surface area contributed by atoms with E-state index in [0.29, 0.717) is 29.8 Å². The molecule has 2 saturated heterocycles. The van der Waals surface area contributed by atoms with Crippen molar-refractivity contribution in [3.8, 4) is 11.3 Å². The summed E-state index contributed by atoms with van der Waals surface area (Å²) in [5.41, 5.74) is -0.117. The molecule has 4 aliphatic rings. The second-order valence-electron chi connectivity index (χ2n) is 9.63. The Labute approximate surface area is 179 Å². The van der Waals surface area contributed by atoms with Gasteiger partial charge in [-0.1, -0.05) is 0 Å². The number of nitrogens with zero attached hydrogens (tertiary/aromatic N) is 3. The molecule has 0 radical (unpaired) electrons. The van der Waals surface area contributed by atoms with Crippen molar-refractivity contribution in [3.05, 3.63) is 41.7 Å². The topological polar surface area (TPSA) is 50.3 Å². The van der Waals surface area contributed by atoms with Crippen molar-refractivity contribution in [1.82, 2.24) is 15.1 Å². The van der Waals surface area contributed by atoms with Crippen molar-refractivity contribution >= 4 is 5.82 Å². The zero-order valence-electron chi connectivity index (χ0n) is 17.1. The van der Waals surface area contributed by atoms with Crippen molar-refractivity contribution in [2.45, 2.75) is 18.9 Å². The monoisotopic (exact) mass is 430 g/mol. The second-order valence-corrected chi connectivity index (χ2v) is 9.63. The smallest absolute Gasteiger partial charge is 0.168 e. The van der Waals surface area contributed by atoms with Crippen LogP contribution < -0.4 is 5.32 Å². The number of anilines is 1. The number of rotatable bonds is 5. The minimum atomic E-state index is -1.23. The number of halogens is 3. The fourth-order valence-electron chi connectivity index (χ4n) is 6.10. The lowest BCUT2D eigenvalue weighted by atomic mass is 10.0. The zero-order chi connectivity index (χ0) is 21.1. The van der Waals surface area contributed by atoms with Gasteiger partial charge in [0.05, 0.1) is 18.9 Å². The number of aromatic nitrogens is 2. The van der Waals surface area contributed by atoms with E-state index in [-0.39, 0.29) is 11.3 Å². The summed E-state index contributed by atoms with van der Waals surface area (Å²) >= 11 is 0. The van der Waals surface area contributed by atoms with Gasteiger partial charge >= 0.3 is 0 Å². The molecule has 1 aromatic heterocycles. The average Bonchev–Trinajstić information content (AvgIpc) is 3.14. The molecular formula is C23H25F3N4O. The minimum Gasteiger partial charge on any atom is -0.381 e. The second kappa shape index (κ2) is 7.45. The summed E-state index contributed by atoms with van der Waals surface area (Å²) in [4.78, 5) is 2.65. The van der Waals surface area contributed by atoms with E-state index in [1.165, 1.54) is 19.6 Å². The van der Waals surface area contributed by atoms with Gasteiger partial charge in [0.15, 0.2) is 11.6 Å². The lowest BCUT2D eigenvalue weighted by Crippen LogP contribution is -2.28. The number of fused-ring (bicyclic) bond motifs is 2. The van der Waals surface area contributed by atoms with Crippen molar-refractivity contribution < 1.29 is 17.9 Å². The SMILES string of the molecule is Fc1cc(F)c(F)c(-c2ccc(NC3C[C@@H]4CN(CC5C6COCC65)C[C@@H]4C3)nn2)c1. The van der Waals surface area contributed by atoms with Gasteiger partial charge in [0.2, 0.25) is 0 Å². The summed E-state index contributed by atoms with van der Waals surface area (Å²) in [6.07, 6.45) is 2.21. The Balaban J connectivity index is 1.04. The van der Waals surface area contributed by atoms with E-state index in [0.717, 1.165) is 49.9 Å². The molecule has 5 atom stereocenters. The fourth-order valence-corrected chi connectivity index (χ4v) is 6.10. The molecule has 6 rings (SSSR count). The maximum atomic E-state index is 14.0. The summed E-state index contributed by atoms with van der Waals surface area (Å²) in [6.45, 7) is 5.50. The van der Waals surface area contributed by atoms with Crippen molar-refractivity contribution in [2.24, 2.45) is 29.6 Å². The Bertz CT molecular complexity index is 964. The molecule has 164 valence electrons. The Morgan fingerprint density at radius 1 is 1.00 bits per heavy atom. The summed E-state index contributed by atoms with van der Waals surface area (Å²) in [5, 5.41) is 11.5. The molecule has 2 aromatic rings. The lowest BCUT2D eigenvalue weighted by Gasteiger charge is -2.20. The van der Waals surface area contributed by atoms with Crippen molar-refractivity contribution in [2.75, 3.05) is 38.2 Å². The maximum absolute atomic E-state index is 14.0. The van der Waals surface area contributed by atoms with Gasteiger partial charge in [0, 0.05) is 37.3 Å². The maximum Gasteiger partial charge on any atom is 0.168 e. The molecule has 1 aromatic carbocycles. The molecule has 1 N–H and O–H groups in total. The first-order chi connectivity index (χ1) is 15.0. The molecule has 0 bridgehead atoms. The molecule has 0 spiro atoms. The van der Waals surface area contributed by atoms with Gasteiger partial charge in [-0.3, -0.25) is 0 Å². The van der Waals surface area contributed by atoms with Crippen LogP contribution in [0.15, 0.2) is 24.3 Å². The zero-order valence-corrected chi connectivity index (χ0v) is 17.1. The Morgan fingerprint density at radius 2 is 1.74 bits per heavy atom. The van der Waals surface area contributed by atoms with Crippen LogP contribution in [0, 0.1) is 47.0 Å². The number of ether oxygens (including phenoxy) is 1. The number of nitrogens with one attached hydrogen (secondary N) is 1. The highest BCUT2D eigenvalue weighted by molar-refractivity contribution is 5.60. The predicted molar refractivity (Wildman–Crippen MR) is 109 cm³/mol.